The third kappa shape index (κ3) is 4.56. The van der Waals surface area contributed by atoms with Gasteiger partial charge in [0.2, 0.25) is 0 Å². The average molecular weight is 262 g/mol. The van der Waals surface area contributed by atoms with E-state index in [0.29, 0.717) is 5.30 Å². The van der Waals surface area contributed by atoms with Crippen molar-refractivity contribution in [2.24, 2.45) is 0 Å². The zero-order chi connectivity index (χ0) is 11.3. The summed E-state index contributed by atoms with van der Waals surface area (Å²) in [5.41, 5.74) is -2.60. The first-order chi connectivity index (χ1) is 7.04. The number of benzene rings is 1. The van der Waals surface area contributed by atoms with Crippen LogP contribution in [0.25, 0.3) is 0 Å². The van der Waals surface area contributed by atoms with Crippen LogP contribution >= 0.6 is 17.7 Å². The summed E-state index contributed by atoms with van der Waals surface area (Å²) in [6, 6.07) is 7.18. The molecule has 1 N–H and O–H groups in total. The lowest BCUT2D eigenvalue weighted by Crippen LogP contribution is -2.01. The van der Waals surface area contributed by atoms with Crippen molar-refractivity contribution >= 4 is 34.8 Å². The fourth-order valence-electron chi connectivity index (χ4n) is 1.07. The molecule has 1 atom stereocenters. The molecule has 5 heteroatoms. The molecule has 2 nitrogen and oxygen atoms in total. The van der Waals surface area contributed by atoms with Crippen LogP contribution in [0.15, 0.2) is 24.3 Å². The van der Waals surface area contributed by atoms with E-state index in [9.17, 15) is 4.89 Å². The zero-order valence-electron chi connectivity index (χ0n) is 8.59. The predicted octanol–water partition coefficient (Wildman–Crippen LogP) is 2.72. The highest BCUT2D eigenvalue weighted by molar-refractivity contribution is 8.63. The largest absolute Gasteiger partial charge is 0.494 e. The van der Waals surface area contributed by atoms with Crippen molar-refractivity contribution in [2.75, 3.05) is 6.61 Å². The minimum Gasteiger partial charge on any atom is -0.494 e. The molecule has 0 fully saturated rings. The molecular formula is C10H15O2PS2. The first kappa shape index (κ1) is 13.0. The molecule has 1 rings (SSSR count). The minimum absolute atomic E-state index is 0.698. The van der Waals surface area contributed by atoms with E-state index in [4.69, 9.17) is 16.5 Å². The molecular weight excluding hydrogens is 247 g/mol. The summed E-state index contributed by atoms with van der Waals surface area (Å²) in [6.45, 7) is 2.85. The molecule has 1 aromatic carbocycles. The van der Waals surface area contributed by atoms with E-state index >= 15 is 0 Å². The second-order valence-corrected chi connectivity index (χ2v) is 8.98. The number of thiol groups is 1. The molecule has 0 aromatic heterocycles. The van der Waals surface area contributed by atoms with Crippen molar-refractivity contribution in [3.63, 3.8) is 0 Å². The Morgan fingerprint density at radius 3 is 2.47 bits per heavy atom. The van der Waals surface area contributed by atoms with Gasteiger partial charge in [0.25, 0.3) is 0 Å². The van der Waals surface area contributed by atoms with Crippen LogP contribution in [0.3, 0.4) is 0 Å². The summed E-state index contributed by atoms with van der Waals surface area (Å²) < 4.78 is 5.49. The smallest absolute Gasteiger partial charge is 0.143 e. The van der Waals surface area contributed by atoms with Crippen LogP contribution in [0.4, 0.5) is 0 Å². The Hall–Kier alpha value is -0.0200. The number of unbranched alkanes of at least 4 members (excludes halogenated alkanes) is 1. The van der Waals surface area contributed by atoms with Gasteiger partial charge in [0.15, 0.2) is 0 Å². The van der Waals surface area contributed by atoms with Gasteiger partial charge in [-0.3, -0.25) is 0 Å². The number of hydrogen-bond donors (Lipinski definition) is 2. The lowest BCUT2D eigenvalue weighted by molar-refractivity contribution is 0.309. The SMILES string of the molecule is CCCCOc1ccc(P(O)(=S)S)cc1. The first-order valence-electron chi connectivity index (χ1n) is 4.83. The van der Waals surface area contributed by atoms with Crippen LogP contribution in [0, 0.1) is 0 Å². The van der Waals surface area contributed by atoms with E-state index in [-0.39, 0.29) is 0 Å². The third-order valence-corrected chi connectivity index (χ3v) is 4.24. The fourth-order valence-corrected chi connectivity index (χ4v) is 2.37. The van der Waals surface area contributed by atoms with Gasteiger partial charge in [-0.15, -0.1) is 12.2 Å². The maximum Gasteiger partial charge on any atom is 0.143 e. The Kier molecular flexibility index (Phi) is 5.13. The molecule has 15 heavy (non-hydrogen) atoms. The number of rotatable bonds is 5. The molecule has 0 radical (unpaired) electrons. The van der Waals surface area contributed by atoms with Crippen LogP contribution in [0.1, 0.15) is 19.8 Å². The van der Waals surface area contributed by atoms with Gasteiger partial charge >= 0.3 is 0 Å². The highest BCUT2D eigenvalue weighted by atomic mass is 32.9. The highest BCUT2D eigenvalue weighted by Gasteiger charge is 2.09. The minimum atomic E-state index is -2.60. The zero-order valence-corrected chi connectivity index (χ0v) is 11.2. The molecule has 1 aromatic rings. The monoisotopic (exact) mass is 262 g/mol. The Labute approximate surface area is 101 Å². The Bertz CT molecular complexity index is 345. The van der Waals surface area contributed by atoms with E-state index in [2.05, 4.69) is 19.2 Å². The molecule has 0 amide bonds. The van der Waals surface area contributed by atoms with Crippen molar-refractivity contribution in [2.45, 2.75) is 19.8 Å². The van der Waals surface area contributed by atoms with Gasteiger partial charge in [0.1, 0.15) is 11.2 Å². The van der Waals surface area contributed by atoms with Gasteiger partial charge in [-0.1, -0.05) is 25.2 Å². The second-order valence-electron chi connectivity index (χ2n) is 3.24. The number of ether oxygens (including phenoxy) is 1. The maximum atomic E-state index is 9.54. The van der Waals surface area contributed by atoms with Gasteiger partial charge in [0.05, 0.1) is 6.61 Å². The molecule has 0 saturated heterocycles. The maximum absolute atomic E-state index is 9.54. The Balaban J connectivity index is 2.61. The lowest BCUT2D eigenvalue weighted by Gasteiger charge is -2.09. The standard InChI is InChI=1S/C10H15O2PS2/c1-2-3-8-12-9-4-6-10(7-5-9)13(11,14)15/h4-7H,2-3,8H2,1H3,(H2,11,14,15). The highest BCUT2D eigenvalue weighted by Crippen LogP contribution is 2.44. The van der Waals surface area contributed by atoms with Crippen molar-refractivity contribution in [3.8, 4) is 5.75 Å². The summed E-state index contributed by atoms with van der Waals surface area (Å²) in [6.07, 6.45) is 2.17. The molecule has 1 unspecified atom stereocenters. The molecule has 0 saturated carbocycles. The van der Waals surface area contributed by atoms with E-state index in [1.54, 1.807) is 12.1 Å². The van der Waals surface area contributed by atoms with Gasteiger partial charge < -0.3 is 9.63 Å². The topological polar surface area (TPSA) is 29.5 Å². The summed E-state index contributed by atoms with van der Waals surface area (Å²) in [4.78, 5) is 9.54. The summed E-state index contributed by atoms with van der Waals surface area (Å²) >= 11 is 8.90. The number of hydrogen-bond acceptors (Lipinski definition) is 2. The summed E-state index contributed by atoms with van der Waals surface area (Å²) in [5, 5.41) is 0.698. The van der Waals surface area contributed by atoms with Crippen molar-refractivity contribution in [3.05, 3.63) is 24.3 Å². The lowest BCUT2D eigenvalue weighted by atomic mass is 10.3. The van der Waals surface area contributed by atoms with Crippen LogP contribution in [0.5, 0.6) is 5.75 Å². The Morgan fingerprint density at radius 2 is 2.00 bits per heavy atom. The van der Waals surface area contributed by atoms with Gasteiger partial charge in [0, 0.05) is 5.30 Å². The van der Waals surface area contributed by atoms with E-state index in [1.807, 2.05) is 12.1 Å². The van der Waals surface area contributed by atoms with E-state index in [1.165, 1.54) is 0 Å². The molecule has 0 aliphatic rings. The molecule has 84 valence electrons. The summed E-state index contributed by atoms with van der Waals surface area (Å²) in [5.74, 6) is 0.809. The summed E-state index contributed by atoms with van der Waals surface area (Å²) in [7, 11) is 0. The molecule has 0 heterocycles. The van der Waals surface area contributed by atoms with Crippen LogP contribution in [-0.2, 0) is 11.8 Å². The predicted molar refractivity (Wildman–Crippen MR) is 72.0 cm³/mol. The molecule has 0 aliphatic carbocycles. The fraction of sp³-hybridized carbons (Fsp3) is 0.400. The van der Waals surface area contributed by atoms with E-state index < -0.39 is 5.47 Å². The Morgan fingerprint density at radius 1 is 1.40 bits per heavy atom. The van der Waals surface area contributed by atoms with Gasteiger partial charge in [-0.2, -0.15) is 0 Å². The van der Waals surface area contributed by atoms with Crippen molar-refractivity contribution < 1.29 is 9.63 Å². The normalized spacial score (nSPS) is 14.6. The molecule has 0 spiro atoms. The molecule has 0 aliphatic heterocycles. The average Bonchev–Trinajstić information content (AvgIpc) is 2.18. The second kappa shape index (κ2) is 5.90. The van der Waals surface area contributed by atoms with Crippen LogP contribution in [-0.4, -0.2) is 11.5 Å². The van der Waals surface area contributed by atoms with Crippen molar-refractivity contribution in [1.29, 1.82) is 0 Å². The quantitative estimate of drug-likeness (QED) is 0.486. The van der Waals surface area contributed by atoms with E-state index in [0.717, 1.165) is 25.2 Å². The van der Waals surface area contributed by atoms with Crippen molar-refractivity contribution in [1.82, 2.24) is 0 Å². The van der Waals surface area contributed by atoms with Gasteiger partial charge in [-0.25, -0.2) is 0 Å². The molecule has 0 bridgehead atoms. The van der Waals surface area contributed by atoms with Crippen LogP contribution in [0.2, 0.25) is 0 Å². The van der Waals surface area contributed by atoms with Crippen LogP contribution < -0.4 is 10.0 Å². The van der Waals surface area contributed by atoms with Gasteiger partial charge in [-0.05, 0) is 30.7 Å². The third-order valence-electron chi connectivity index (χ3n) is 1.94. The first-order valence-corrected chi connectivity index (χ1v) is 8.74.